The van der Waals surface area contributed by atoms with Crippen LogP contribution in [0.15, 0.2) is 0 Å². The smallest absolute Gasteiger partial charge is 0.303 e. The lowest BCUT2D eigenvalue weighted by Crippen LogP contribution is -2.54. The molecule has 0 saturated heterocycles. The van der Waals surface area contributed by atoms with Crippen molar-refractivity contribution in [3.8, 4) is 0 Å². The molecule has 0 aromatic rings. The molecular weight excluding hydrogens is 258 g/mol. The zero-order chi connectivity index (χ0) is 15.4. The van der Waals surface area contributed by atoms with Gasteiger partial charge >= 0.3 is 5.97 Å². The number of carboxylic acids is 1. The van der Waals surface area contributed by atoms with Crippen LogP contribution >= 0.6 is 0 Å². The lowest BCUT2D eigenvalue weighted by Gasteiger charge is -2.40. The van der Waals surface area contributed by atoms with E-state index in [-0.39, 0.29) is 25.4 Å². The summed E-state index contributed by atoms with van der Waals surface area (Å²) in [5.41, 5.74) is -1.10. The maximum atomic E-state index is 12.2. The first kappa shape index (κ1) is 17.0. The van der Waals surface area contributed by atoms with Crippen molar-refractivity contribution in [1.29, 1.82) is 0 Å². The van der Waals surface area contributed by atoms with Gasteiger partial charge in [0.1, 0.15) is 0 Å². The van der Waals surface area contributed by atoms with Crippen molar-refractivity contribution >= 4 is 11.9 Å². The molecule has 1 amide bonds. The van der Waals surface area contributed by atoms with E-state index in [2.05, 4.69) is 12.2 Å². The summed E-state index contributed by atoms with van der Waals surface area (Å²) in [7, 11) is 0. The first-order valence-electron chi connectivity index (χ1n) is 7.32. The lowest BCUT2D eigenvalue weighted by atomic mass is 9.76. The predicted octanol–water partition coefficient (Wildman–Crippen LogP) is 1.93. The van der Waals surface area contributed by atoms with E-state index in [1.807, 2.05) is 0 Å². The molecule has 0 aromatic heterocycles. The number of carboxylic acid groups (broad SMARTS) is 1. The molecule has 5 nitrogen and oxygen atoms in total. The van der Waals surface area contributed by atoms with Crippen LogP contribution in [0.3, 0.4) is 0 Å². The van der Waals surface area contributed by atoms with Crippen molar-refractivity contribution < 1.29 is 19.8 Å². The standard InChI is InChI=1S/C15H27NO4/c1-11-5-4-6-15(7-11,10-17)16-12(18)8-14(2,3)9-13(19)20/h11,17H,4-10H2,1-3H3,(H,16,18)(H,19,20). The van der Waals surface area contributed by atoms with Crippen LogP contribution in [-0.2, 0) is 9.59 Å². The molecule has 5 heteroatoms. The molecule has 0 radical (unpaired) electrons. The zero-order valence-electron chi connectivity index (χ0n) is 12.7. The van der Waals surface area contributed by atoms with Gasteiger partial charge in [-0.05, 0) is 24.2 Å². The van der Waals surface area contributed by atoms with Crippen LogP contribution in [-0.4, -0.2) is 34.2 Å². The second kappa shape index (κ2) is 6.57. The number of aliphatic hydroxyl groups is 1. The molecule has 0 heterocycles. The predicted molar refractivity (Wildman–Crippen MR) is 76.2 cm³/mol. The molecule has 0 aliphatic heterocycles. The first-order chi connectivity index (χ1) is 9.18. The van der Waals surface area contributed by atoms with E-state index < -0.39 is 16.9 Å². The topological polar surface area (TPSA) is 86.6 Å². The van der Waals surface area contributed by atoms with Gasteiger partial charge in [0, 0.05) is 6.42 Å². The summed E-state index contributed by atoms with van der Waals surface area (Å²) >= 11 is 0. The van der Waals surface area contributed by atoms with E-state index in [9.17, 15) is 14.7 Å². The van der Waals surface area contributed by atoms with Gasteiger partial charge in [-0.3, -0.25) is 9.59 Å². The molecule has 2 unspecified atom stereocenters. The van der Waals surface area contributed by atoms with Gasteiger partial charge in [-0.25, -0.2) is 0 Å². The average molecular weight is 285 g/mol. The van der Waals surface area contributed by atoms with E-state index in [0.717, 1.165) is 25.7 Å². The Morgan fingerprint density at radius 1 is 1.35 bits per heavy atom. The Labute approximate surface area is 120 Å². The lowest BCUT2D eigenvalue weighted by molar-refractivity contribution is -0.139. The highest BCUT2D eigenvalue weighted by atomic mass is 16.4. The fourth-order valence-electron chi connectivity index (χ4n) is 3.20. The third-order valence-electron chi connectivity index (χ3n) is 4.07. The van der Waals surface area contributed by atoms with Gasteiger partial charge in [0.2, 0.25) is 5.91 Å². The van der Waals surface area contributed by atoms with Crippen molar-refractivity contribution in [3.05, 3.63) is 0 Å². The number of carbonyl (C=O) groups excluding carboxylic acids is 1. The third kappa shape index (κ3) is 5.12. The molecule has 3 N–H and O–H groups in total. The van der Waals surface area contributed by atoms with Gasteiger partial charge < -0.3 is 15.5 Å². The van der Waals surface area contributed by atoms with Crippen molar-refractivity contribution in [2.24, 2.45) is 11.3 Å². The van der Waals surface area contributed by atoms with E-state index in [1.165, 1.54) is 0 Å². The van der Waals surface area contributed by atoms with Gasteiger partial charge in [0.25, 0.3) is 0 Å². The number of nitrogens with one attached hydrogen (secondary N) is 1. The Morgan fingerprint density at radius 3 is 2.50 bits per heavy atom. The highest BCUT2D eigenvalue weighted by molar-refractivity contribution is 5.78. The molecule has 1 fully saturated rings. The molecular formula is C15H27NO4. The second-order valence-corrected chi connectivity index (χ2v) is 7.10. The van der Waals surface area contributed by atoms with Crippen molar-refractivity contribution in [1.82, 2.24) is 5.32 Å². The minimum atomic E-state index is -0.897. The normalized spacial score (nSPS) is 27.1. The number of aliphatic carboxylic acids is 1. The van der Waals surface area contributed by atoms with Gasteiger partial charge in [0.15, 0.2) is 0 Å². The van der Waals surface area contributed by atoms with Gasteiger partial charge in [-0.1, -0.05) is 33.6 Å². The third-order valence-corrected chi connectivity index (χ3v) is 4.07. The molecule has 1 aliphatic carbocycles. The fraction of sp³-hybridized carbons (Fsp3) is 0.867. The largest absolute Gasteiger partial charge is 0.481 e. The minimum absolute atomic E-state index is 0.0387. The SMILES string of the molecule is CC1CCCC(CO)(NC(=O)CC(C)(C)CC(=O)O)C1. The summed E-state index contributed by atoms with van der Waals surface area (Å²) in [5.74, 6) is -0.575. The maximum Gasteiger partial charge on any atom is 0.303 e. The highest BCUT2D eigenvalue weighted by Gasteiger charge is 2.37. The Bertz CT molecular complexity index is 367. The molecule has 1 aliphatic rings. The molecule has 0 spiro atoms. The number of hydrogen-bond acceptors (Lipinski definition) is 3. The quantitative estimate of drug-likeness (QED) is 0.696. The summed E-state index contributed by atoms with van der Waals surface area (Å²) < 4.78 is 0. The van der Waals surface area contributed by atoms with Crippen molar-refractivity contribution in [2.45, 2.75) is 64.8 Å². The summed E-state index contributed by atoms with van der Waals surface area (Å²) in [6, 6.07) is 0. The molecule has 116 valence electrons. The average Bonchev–Trinajstić information content (AvgIpc) is 2.25. The van der Waals surface area contributed by atoms with E-state index >= 15 is 0 Å². The number of rotatable bonds is 6. The van der Waals surface area contributed by atoms with E-state index in [4.69, 9.17) is 5.11 Å². The van der Waals surface area contributed by atoms with Gasteiger partial charge in [-0.15, -0.1) is 0 Å². The minimum Gasteiger partial charge on any atom is -0.481 e. The Hall–Kier alpha value is -1.10. The Kier molecular flexibility index (Phi) is 5.57. The van der Waals surface area contributed by atoms with Crippen molar-refractivity contribution in [3.63, 3.8) is 0 Å². The van der Waals surface area contributed by atoms with E-state index in [1.54, 1.807) is 13.8 Å². The number of amides is 1. The van der Waals surface area contributed by atoms with Crippen LogP contribution < -0.4 is 5.32 Å². The number of carbonyl (C=O) groups is 2. The molecule has 1 rings (SSSR count). The number of hydrogen-bond donors (Lipinski definition) is 3. The second-order valence-electron chi connectivity index (χ2n) is 7.10. The van der Waals surface area contributed by atoms with Crippen LogP contribution in [0.5, 0.6) is 0 Å². The summed E-state index contributed by atoms with van der Waals surface area (Å²) in [4.78, 5) is 22.9. The zero-order valence-corrected chi connectivity index (χ0v) is 12.7. The number of aliphatic hydroxyl groups excluding tert-OH is 1. The van der Waals surface area contributed by atoms with Crippen LogP contribution in [0.1, 0.15) is 59.3 Å². The van der Waals surface area contributed by atoms with Crippen LogP contribution in [0.25, 0.3) is 0 Å². The maximum absolute atomic E-state index is 12.2. The monoisotopic (exact) mass is 285 g/mol. The van der Waals surface area contributed by atoms with Crippen LogP contribution in [0, 0.1) is 11.3 Å². The molecule has 2 atom stereocenters. The van der Waals surface area contributed by atoms with Gasteiger partial charge in [0.05, 0.1) is 18.6 Å². The molecule has 1 saturated carbocycles. The van der Waals surface area contributed by atoms with E-state index in [0.29, 0.717) is 5.92 Å². The molecule has 0 aromatic carbocycles. The summed E-state index contributed by atoms with van der Waals surface area (Å²) in [5, 5.41) is 21.4. The summed E-state index contributed by atoms with van der Waals surface area (Å²) in [6.07, 6.45) is 3.83. The van der Waals surface area contributed by atoms with Crippen molar-refractivity contribution in [2.75, 3.05) is 6.61 Å². The Morgan fingerprint density at radius 2 is 2.00 bits per heavy atom. The molecule has 0 bridgehead atoms. The highest BCUT2D eigenvalue weighted by Crippen LogP contribution is 2.33. The fourth-order valence-corrected chi connectivity index (χ4v) is 3.20. The van der Waals surface area contributed by atoms with Crippen LogP contribution in [0.4, 0.5) is 0 Å². The Balaban J connectivity index is 2.61. The van der Waals surface area contributed by atoms with Crippen LogP contribution in [0.2, 0.25) is 0 Å². The van der Waals surface area contributed by atoms with Gasteiger partial charge in [-0.2, -0.15) is 0 Å². The summed E-state index contributed by atoms with van der Waals surface area (Å²) in [6.45, 7) is 5.62. The first-order valence-corrected chi connectivity index (χ1v) is 7.32. The molecule has 20 heavy (non-hydrogen) atoms.